The molecule has 2 aromatic rings. The Balaban J connectivity index is 2.10. The molecule has 0 aliphatic carbocycles. The molecular formula is C15H19ClN4OS. The van der Waals surface area contributed by atoms with Crippen LogP contribution < -0.4 is 5.32 Å². The normalized spacial score (nSPS) is 10.7. The Labute approximate surface area is 139 Å². The minimum absolute atomic E-state index is 0.0190. The highest BCUT2D eigenvalue weighted by molar-refractivity contribution is 7.99. The second-order valence-electron chi connectivity index (χ2n) is 4.70. The zero-order chi connectivity index (χ0) is 15.9. The molecule has 118 valence electrons. The van der Waals surface area contributed by atoms with Crippen LogP contribution >= 0.6 is 23.4 Å². The van der Waals surface area contributed by atoms with E-state index in [1.807, 2.05) is 42.7 Å². The SMILES string of the molecule is CCCNC(=O)CSc1nnc(-c2ccc(Cl)cc2)n1CC. The number of carbonyl (C=O) groups is 1. The van der Waals surface area contributed by atoms with Gasteiger partial charge in [0.25, 0.3) is 0 Å². The number of nitrogens with zero attached hydrogens (tertiary/aromatic N) is 3. The van der Waals surface area contributed by atoms with Gasteiger partial charge in [0, 0.05) is 23.7 Å². The molecule has 0 aliphatic rings. The van der Waals surface area contributed by atoms with Gasteiger partial charge in [-0.05, 0) is 37.6 Å². The molecule has 7 heteroatoms. The van der Waals surface area contributed by atoms with Gasteiger partial charge in [0.2, 0.25) is 5.91 Å². The molecule has 0 unspecified atom stereocenters. The molecule has 1 amide bonds. The summed E-state index contributed by atoms with van der Waals surface area (Å²) in [5, 5.41) is 12.7. The van der Waals surface area contributed by atoms with E-state index in [-0.39, 0.29) is 5.91 Å². The van der Waals surface area contributed by atoms with E-state index in [4.69, 9.17) is 11.6 Å². The maximum atomic E-state index is 11.7. The Morgan fingerprint density at radius 2 is 2.00 bits per heavy atom. The smallest absolute Gasteiger partial charge is 0.230 e. The zero-order valence-electron chi connectivity index (χ0n) is 12.7. The largest absolute Gasteiger partial charge is 0.355 e. The van der Waals surface area contributed by atoms with E-state index < -0.39 is 0 Å². The van der Waals surface area contributed by atoms with Crippen LogP contribution in [0.5, 0.6) is 0 Å². The number of benzene rings is 1. The standard InChI is InChI=1S/C15H19ClN4OS/c1-3-9-17-13(21)10-22-15-19-18-14(20(15)4-2)11-5-7-12(16)8-6-11/h5-8H,3-4,9-10H2,1-2H3,(H,17,21). The van der Waals surface area contributed by atoms with E-state index in [1.54, 1.807) is 0 Å². The van der Waals surface area contributed by atoms with Crippen LogP contribution in [0.2, 0.25) is 5.02 Å². The molecule has 0 fully saturated rings. The van der Waals surface area contributed by atoms with Gasteiger partial charge in [-0.15, -0.1) is 10.2 Å². The number of hydrogen-bond donors (Lipinski definition) is 1. The van der Waals surface area contributed by atoms with Crippen LogP contribution in [-0.2, 0) is 11.3 Å². The minimum Gasteiger partial charge on any atom is -0.355 e. The lowest BCUT2D eigenvalue weighted by atomic mass is 10.2. The first kappa shape index (κ1) is 16.8. The van der Waals surface area contributed by atoms with Crippen molar-refractivity contribution in [3.05, 3.63) is 29.3 Å². The Bertz CT molecular complexity index is 627. The molecule has 5 nitrogen and oxygen atoms in total. The molecule has 2 rings (SSSR count). The monoisotopic (exact) mass is 338 g/mol. The molecule has 1 aromatic heterocycles. The van der Waals surface area contributed by atoms with Gasteiger partial charge in [-0.25, -0.2) is 0 Å². The van der Waals surface area contributed by atoms with Crippen LogP contribution in [0.25, 0.3) is 11.4 Å². The van der Waals surface area contributed by atoms with E-state index in [0.29, 0.717) is 17.3 Å². The van der Waals surface area contributed by atoms with Gasteiger partial charge in [-0.3, -0.25) is 4.79 Å². The van der Waals surface area contributed by atoms with Crippen molar-refractivity contribution in [1.29, 1.82) is 0 Å². The highest BCUT2D eigenvalue weighted by Crippen LogP contribution is 2.24. The molecule has 1 heterocycles. The van der Waals surface area contributed by atoms with E-state index in [2.05, 4.69) is 15.5 Å². The van der Waals surface area contributed by atoms with Crippen LogP contribution in [0.1, 0.15) is 20.3 Å². The molecule has 0 radical (unpaired) electrons. The van der Waals surface area contributed by atoms with Gasteiger partial charge < -0.3 is 9.88 Å². The average molecular weight is 339 g/mol. The van der Waals surface area contributed by atoms with Crippen molar-refractivity contribution in [3.8, 4) is 11.4 Å². The van der Waals surface area contributed by atoms with E-state index in [9.17, 15) is 4.79 Å². The first-order chi connectivity index (χ1) is 10.7. The predicted molar refractivity (Wildman–Crippen MR) is 90.2 cm³/mol. The van der Waals surface area contributed by atoms with Crippen molar-refractivity contribution in [2.45, 2.75) is 32.0 Å². The predicted octanol–water partition coefficient (Wildman–Crippen LogP) is 3.24. The van der Waals surface area contributed by atoms with Gasteiger partial charge >= 0.3 is 0 Å². The van der Waals surface area contributed by atoms with Gasteiger partial charge in [-0.1, -0.05) is 30.3 Å². The van der Waals surface area contributed by atoms with E-state index >= 15 is 0 Å². The van der Waals surface area contributed by atoms with Crippen LogP contribution in [0.15, 0.2) is 29.4 Å². The van der Waals surface area contributed by atoms with Gasteiger partial charge in [0.15, 0.2) is 11.0 Å². The van der Waals surface area contributed by atoms with Crippen molar-refractivity contribution in [3.63, 3.8) is 0 Å². The van der Waals surface area contributed by atoms with Gasteiger partial charge in [0.1, 0.15) is 0 Å². The molecule has 0 aliphatic heterocycles. The summed E-state index contributed by atoms with van der Waals surface area (Å²) in [4.78, 5) is 11.7. The van der Waals surface area contributed by atoms with Crippen molar-refractivity contribution >= 4 is 29.3 Å². The first-order valence-electron chi connectivity index (χ1n) is 7.24. The highest BCUT2D eigenvalue weighted by Gasteiger charge is 2.14. The fourth-order valence-corrected chi connectivity index (χ4v) is 2.90. The Morgan fingerprint density at radius 1 is 1.27 bits per heavy atom. The third kappa shape index (κ3) is 4.24. The molecule has 22 heavy (non-hydrogen) atoms. The Morgan fingerprint density at radius 3 is 2.64 bits per heavy atom. The number of carbonyl (C=O) groups excluding carboxylic acids is 1. The second-order valence-corrected chi connectivity index (χ2v) is 6.07. The number of aromatic nitrogens is 3. The zero-order valence-corrected chi connectivity index (χ0v) is 14.2. The van der Waals surface area contributed by atoms with Crippen molar-refractivity contribution in [1.82, 2.24) is 20.1 Å². The van der Waals surface area contributed by atoms with Crippen LogP contribution in [0.4, 0.5) is 0 Å². The first-order valence-corrected chi connectivity index (χ1v) is 8.60. The van der Waals surface area contributed by atoms with Crippen molar-refractivity contribution in [2.75, 3.05) is 12.3 Å². The molecule has 1 aromatic carbocycles. The summed E-state index contributed by atoms with van der Waals surface area (Å²) in [6.45, 7) is 5.50. The van der Waals surface area contributed by atoms with E-state index in [0.717, 1.165) is 29.5 Å². The Hall–Kier alpha value is -1.53. The number of nitrogens with one attached hydrogen (secondary N) is 1. The molecule has 0 saturated carbocycles. The number of hydrogen-bond acceptors (Lipinski definition) is 4. The maximum Gasteiger partial charge on any atom is 0.230 e. The molecule has 0 saturated heterocycles. The average Bonchev–Trinajstić information content (AvgIpc) is 2.94. The lowest BCUT2D eigenvalue weighted by Crippen LogP contribution is -2.25. The summed E-state index contributed by atoms with van der Waals surface area (Å²) >= 11 is 7.31. The number of rotatable bonds is 7. The lowest BCUT2D eigenvalue weighted by molar-refractivity contribution is -0.118. The second kappa shape index (κ2) is 8.19. The summed E-state index contributed by atoms with van der Waals surface area (Å²) in [6, 6.07) is 7.50. The van der Waals surface area contributed by atoms with Gasteiger partial charge in [-0.2, -0.15) is 0 Å². The summed E-state index contributed by atoms with van der Waals surface area (Å²) in [6.07, 6.45) is 0.933. The van der Waals surface area contributed by atoms with Crippen LogP contribution in [-0.4, -0.2) is 33.0 Å². The van der Waals surface area contributed by atoms with Crippen molar-refractivity contribution in [2.24, 2.45) is 0 Å². The fraction of sp³-hybridized carbons (Fsp3) is 0.400. The van der Waals surface area contributed by atoms with E-state index in [1.165, 1.54) is 11.8 Å². The molecular weight excluding hydrogens is 320 g/mol. The third-order valence-electron chi connectivity index (χ3n) is 3.04. The number of thioether (sulfide) groups is 1. The van der Waals surface area contributed by atoms with Crippen molar-refractivity contribution < 1.29 is 4.79 Å². The molecule has 1 N–H and O–H groups in total. The number of halogens is 1. The van der Waals surface area contributed by atoms with Gasteiger partial charge in [0.05, 0.1) is 5.75 Å². The number of amides is 1. The highest BCUT2D eigenvalue weighted by atomic mass is 35.5. The lowest BCUT2D eigenvalue weighted by Gasteiger charge is -2.07. The topological polar surface area (TPSA) is 59.8 Å². The summed E-state index contributed by atoms with van der Waals surface area (Å²) in [7, 11) is 0. The summed E-state index contributed by atoms with van der Waals surface area (Å²) < 4.78 is 2.00. The molecule has 0 spiro atoms. The Kier molecular flexibility index (Phi) is 6.27. The third-order valence-corrected chi connectivity index (χ3v) is 4.26. The van der Waals surface area contributed by atoms with Crippen LogP contribution in [0, 0.1) is 0 Å². The fourth-order valence-electron chi connectivity index (χ4n) is 1.94. The summed E-state index contributed by atoms with van der Waals surface area (Å²) in [5.74, 6) is 1.15. The maximum absolute atomic E-state index is 11.7. The molecule has 0 bridgehead atoms. The molecule has 0 atom stereocenters. The minimum atomic E-state index is 0.0190. The van der Waals surface area contributed by atoms with Crippen LogP contribution in [0.3, 0.4) is 0 Å². The quantitative estimate of drug-likeness (QED) is 0.787. The summed E-state index contributed by atoms with van der Waals surface area (Å²) in [5.41, 5.74) is 0.959.